The van der Waals surface area contributed by atoms with Crippen molar-refractivity contribution in [1.82, 2.24) is 5.32 Å². The summed E-state index contributed by atoms with van der Waals surface area (Å²) in [5.41, 5.74) is 0.712. The lowest BCUT2D eigenvalue weighted by Crippen LogP contribution is -2.25. The van der Waals surface area contributed by atoms with E-state index in [-0.39, 0.29) is 17.5 Å². The summed E-state index contributed by atoms with van der Waals surface area (Å²) in [4.78, 5) is 0. The van der Waals surface area contributed by atoms with Crippen LogP contribution in [-0.2, 0) is 9.84 Å². The van der Waals surface area contributed by atoms with Gasteiger partial charge in [-0.1, -0.05) is 6.07 Å². The number of nitrogens with one attached hydrogen (secondary N) is 1. The van der Waals surface area contributed by atoms with Crippen LogP contribution in [0.3, 0.4) is 0 Å². The minimum absolute atomic E-state index is 0.0776. The van der Waals surface area contributed by atoms with E-state index in [9.17, 15) is 13.5 Å². The van der Waals surface area contributed by atoms with Gasteiger partial charge in [-0.2, -0.15) is 0 Å². The third-order valence-electron chi connectivity index (χ3n) is 2.63. The van der Waals surface area contributed by atoms with Crippen LogP contribution >= 0.6 is 0 Å². The molecule has 1 aromatic rings. The first-order valence-electron chi connectivity index (χ1n) is 5.61. The molecule has 1 aromatic carbocycles. The second kappa shape index (κ2) is 6.06. The van der Waals surface area contributed by atoms with E-state index < -0.39 is 9.84 Å². The number of aromatic hydroxyl groups is 1. The molecule has 0 saturated carbocycles. The van der Waals surface area contributed by atoms with Crippen LogP contribution in [0.5, 0.6) is 11.5 Å². The summed E-state index contributed by atoms with van der Waals surface area (Å²) in [6.45, 7) is 2.22. The first kappa shape index (κ1) is 14.8. The molecule has 0 fully saturated rings. The molecule has 6 heteroatoms. The van der Waals surface area contributed by atoms with Crippen LogP contribution in [0.2, 0.25) is 0 Å². The molecule has 0 amide bonds. The summed E-state index contributed by atoms with van der Waals surface area (Å²) >= 11 is 0. The van der Waals surface area contributed by atoms with Gasteiger partial charge in [-0.15, -0.1) is 0 Å². The topological polar surface area (TPSA) is 75.6 Å². The molecule has 0 saturated heterocycles. The Morgan fingerprint density at radius 2 is 2.11 bits per heavy atom. The average molecular weight is 273 g/mol. The van der Waals surface area contributed by atoms with Crippen LogP contribution in [-0.4, -0.2) is 39.2 Å². The van der Waals surface area contributed by atoms with Crippen LogP contribution in [0.15, 0.2) is 18.2 Å². The molecule has 0 spiro atoms. The van der Waals surface area contributed by atoms with Gasteiger partial charge in [0.15, 0.2) is 0 Å². The normalized spacial score (nSPS) is 13.3. The zero-order chi connectivity index (χ0) is 13.8. The van der Waals surface area contributed by atoms with Crippen molar-refractivity contribution in [3.63, 3.8) is 0 Å². The monoisotopic (exact) mass is 273 g/mol. The highest BCUT2D eigenvalue weighted by atomic mass is 32.2. The lowest BCUT2D eigenvalue weighted by Gasteiger charge is -2.15. The molecule has 1 atom stereocenters. The number of methoxy groups -OCH3 is 1. The fraction of sp³-hybridized carbons (Fsp3) is 0.500. The van der Waals surface area contributed by atoms with Gasteiger partial charge in [-0.05, 0) is 13.0 Å². The van der Waals surface area contributed by atoms with E-state index in [0.717, 1.165) is 0 Å². The molecule has 102 valence electrons. The van der Waals surface area contributed by atoms with Crippen LogP contribution in [0.4, 0.5) is 0 Å². The van der Waals surface area contributed by atoms with Gasteiger partial charge in [-0.25, -0.2) is 8.42 Å². The largest absolute Gasteiger partial charge is 0.507 e. The quantitative estimate of drug-likeness (QED) is 0.811. The van der Waals surface area contributed by atoms with Gasteiger partial charge in [-0.3, -0.25) is 0 Å². The van der Waals surface area contributed by atoms with Gasteiger partial charge >= 0.3 is 0 Å². The average Bonchev–Trinajstić information content (AvgIpc) is 2.26. The standard InChI is InChI=1S/C12H19NO4S/c1-9(13-6-7-18(3,15)16)11-5-4-10(17-2)8-12(11)14/h4-5,8-9,13-14H,6-7H2,1-3H3. The van der Waals surface area contributed by atoms with Crippen LogP contribution in [0.25, 0.3) is 0 Å². The maximum atomic E-state index is 11.0. The van der Waals surface area contributed by atoms with E-state index in [0.29, 0.717) is 17.9 Å². The molecule has 2 N–H and O–H groups in total. The zero-order valence-corrected chi connectivity index (χ0v) is 11.6. The Bertz CT molecular complexity index is 499. The molecule has 5 nitrogen and oxygen atoms in total. The molecule has 0 bridgehead atoms. The summed E-state index contributed by atoms with van der Waals surface area (Å²) in [5, 5.41) is 12.9. The van der Waals surface area contributed by atoms with Crippen molar-refractivity contribution in [3.05, 3.63) is 23.8 Å². The minimum Gasteiger partial charge on any atom is -0.507 e. The van der Waals surface area contributed by atoms with E-state index in [2.05, 4.69) is 5.32 Å². The molecule has 1 unspecified atom stereocenters. The Kier molecular flexibility index (Phi) is 4.98. The van der Waals surface area contributed by atoms with Crippen LogP contribution in [0.1, 0.15) is 18.5 Å². The van der Waals surface area contributed by atoms with Gasteiger partial charge in [0, 0.05) is 30.5 Å². The second-order valence-electron chi connectivity index (χ2n) is 4.23. The van der Waals surface area contributed by atoms with Crippen molar-refractivity contribution in [3.8, 4) is 11.5 Å². The predicted octanol–water partition coefficient (Wildman–Crippen LogP) is 1.10. The molecule has 0 aliphatic carbocycles. The summed E-state index contributed by atoms with van der Waals surface area (Å²) < 4.78 is 27.0. The maximum absolute atomic E-state index is 11.0. The molecule has 0 aliphatic rings. The fourth-order valence-corrected chi connectivity index (χ4v) is 2.08. The number of phenolic OH excluding ortho intramolecular Hbond substituents is 1. The van der Waals surface area contributed by atoms with E-state index in [1.165, 1.54) is 19.4 Å². The van der Waals surface area contributed by atoms with E-state index in [1.807, 2.05) is 6.92 Å². The van der Waals surface area contributed by atoms with Crippen molar-refractivity contribution in [2.75, 3.05) is 25.7 Å². The molecule has 0 aliphatic heterocycles. The first-order chi connectivity index (χ1) is 8.33. The molecule has 0 radical (unpaired) electrons. The zero-order valence-electron chi connectivity index (χ0n) is 10.8. The summed E-state index contributed by atoms with van der Waals surface area (Å²) in [5.74, 6) is 0.794. The van der Waals surface area contributed by atoms with Crippen molar-refractivity contribution in [1.29, 1.82) is 0 Å². The lowest BCUT2D eigenvalue weighted by atomic mass is 10.1. The van der Waals surface area contributed by atoms with Gasteiger partial charge in [0.1, 0.15) is 21.3 Å². The molecule has 0 heterocycles. The van der Waals surface area contributed by atoms with Gasteiger partial charge < -0.3 is 15.2 Å². The number of benzene rings is 1. The van der Waals surface area contributed by atoms with Gasteiger partial charge in [0.25, 0.3) is 0 Å². The van der Waals surface area contributed by atoms with Crippen molar-refractivity contribution in [2.24, 2.45) is 0 Å². The Hall–Kier alpha value is -1.27. The highest BCUT2D eigenvalue weighted by Crippen LogP contribution is 2.28. The number of phenols is 1. The highest BCUT2D eigenvalue weighted by Gasteiger charge is 2.11. The minimum atomic E-state index is -2.97. The maximum Gasteiger partial charge on any atom is 0.148 e. The molecular formula is C12H19NO4S. The van der Waals surface area contributed by atoms with Crippen LogP contribution < -0.4 is 10.1 Å². The second-order valence-corrected chi connectivity index (χ2v) is 6.49. The molecule has 1 rings (SSSR count). The lowest BCUT2D eigenvalue weighted by molar-refractivity contribution is 0.404. The third kappa shape index (κ3) is 4.54. The Morgan fingerprint density at radius 3 is 2.61 bits per heavy atom. The summed E-state index contributed by atoms with van der Waals surface area (Å²) in [6, 6.07) is 4.91. The third-order valence-corrected chi connectivity index (χ3v) is 3.57. The number of sulfone groups is 1. The van der Waals surface area contributed by atoms with Gasteiger partial charge in [0.05, 0.1) is 12.9 Å². The number of rotatable bonds is 6. The Balaban J connectivity index is 2.64. The fourth-order valence-electron chi connectivity index (χ4n) is 1.59. The number of ether oxygens (including phenoxy) is 1. The molecule has 18 heavy (non-hydrogen) atoms. The van der Waals surface area contributed by atoms with Crippen molar-refractivity contribution in [2.45, 2.75) is 13.0 Å². The predicted molar refractivity (Wildman–Crippen MR) is 70.8 cm³/mol. The van der Waals surface area contributed by atoms with Crippen LogP contribution in [0, 0.1) is 0 Å². The highest BCUT2D eigenvalue weighted by molar-refractivity contribution is 7.90. The van der Waals surface area contributed by atoms with E-state index in [4.69, 9.17) is 4.74 Å². The van der Waals surface area contributed by atoms with Crippen molar-refractivity contribution < 1.29 is 18.3 Å². The SMILES string of the molecule is COc1ccc(C(C)NCCS(C)(=O)=O)c(O)c1. The Labute approximate surface area is 108 Å². The molecular weight excluding hydrogens is 254 g/mol. The number of hydrogen-bond donors (Lipinski definition) is 2. The van der Waals surface area contributed by atoms with Gasteiger partial charge in [0.2, 0.25) is 0 Å². The summed E-state index contributed by atoms with van der Waals surface area (Å²) in [7, 11) is -1.44. The Morgan fingerprint density at radius 1 is 1.44 bits per heavy atom. The number of hydrogen-bond acceptors (Lipinski definition) is 5. The van der Waals surface area contributed by atoms with Crippen molar-refractivity contribution >= 4 is 9.84 Å². The van der Waals surface area contributed by atoms with E-state index >= 15 is 0 Å². The summed E-state index contributed by atoms with van der Waals surface area (Å²) in [6.07, 6.45) is 1.20. The molecule has 0 aromatic heterocycles. The first-order valence-corrected chi connectivity index (χ1v) is 7.67. The van der Waals surface area contributed by atoms with E-state index in [1.54, 1.807) is 12.1 Å². The smallest absolute Gasteiger partial charge is 0.148 e.